The van der Waals surface area contributed by atoms with Gasteiger partial charge < -0.3 is 5.32 Å². The van der Waals surface area contributed by atoms with E-state index in [-0.39, 0.29) is 0 Å². The van der Waals surface area contributed by atoms with Crippen molar-refractivity contribution in [3.05, 3.63) is 12.3 Å². The Kier molecular flexibility index (Phi) is 5.74. The molecule has 1 nitrogen and oxygen atoms in total. The predicted octanol–water partition coefficient (Wildman–Crippen LogP) is 3.86. The van der Waals surface area contributed by atoms with Gasteiger partial charge in [-0.25, -0.2) is 0 Å². The zero-order valence-corrected chi connectivity index (χ0v) is 9.76. The maximum atomic E-state index is 3.52. The van der Waals surface area contributed by atoms with E-state index in [0.29, 0.717) is 0 Å². The first-order valence-electron chi connectivity index (χ1n) is 6.24. The Bertz CT molecular complexity index is 157. The van der Waals surface area contributed by atoms with Gasteiger partial charge in [-0.15, -0.1) is 0 Å². The third kappa shape index (κ3) is 4.17. The average molecular weight is 195 g/mol. The van der Waals surface area contributed by atoms with Crippen LogP contribution in [0.25, 0.3) is 0 Å². The molecule has 1 atom stereocenters. The minimum absolute atomic E-state index is 0.722. The minimum atomic E-state index is 0.722. The standard InChI is InChI=1S/C13H25N/c1-3-7-13(14-10-4-2)11-12-8-5-6-9-12/h4,10,12-14H,3,5-9,11H2,1-2H3/b10-4-. The van der Waals surface area contributed by atoms with Gasteiger partial charge in [-0.1, -0.05) is 45.1 Å². The molecular formula is C13H25N. The van der Waals surface area contributed by atoms with Gasteiger partial charge in [0.25, 0.3) is 0 Å². The van der Waals surface area contributed by atoms with Gasteiger partial charge in [0.2, 0.25) is 0 Å². The molecule has 0 aromatic heterocycles. The van der Waals surface area contributed by atoms with Crippen LogP contribution in [0.15, 0.2) is 12.3 Å². The topological polar surface area (TPSA) is 12.0 Å². The lowest BCUT2D eigenvalue weighted by atomic mass is 9.96. The van der Waals surface area contributed by atoms with E-state index in [1.165, 1.54) is 44.9 Å². The van der Waals surface area contributed by atoms with Crippen LogP contribution in [0.1, 0.15) is 58.8 Å². The van der Waals surface area contributed by atoms with Crippen LogP contribution >= 0.6 is 0 Å². The van der Waals surface area contributed by atoms with Gasteiger partial charge in [0.05, 0.1) is 0 Å². The van der Waals surface area contributed by atoms with E-state index in [4.69, 9.17) is 0 Å². The van der Waals surface area contributed by atoms with Crippen LogP contribution in [0, 0.1) is 5.92 Å². The quantitative estimate of drug-likeness (QED) is 0.678. The fourth-order valence-corrected chi connectivity index (χ4v) is 2.50. The lowest BCUT2D eigenvalue weighted by Gasteiger charge is -2.20. The highest BCUT2D eigenvalue weighted by Gasteiger charge is 2.18. The SMILES string of the molecule is C/C=C\NC(CCC)CC1CCCC1. The normalized spacial score (nSPS) is 20.4. The van der Waals surface area contributed by atoms with Gasteiger partial charge >= 0.3 is 0 Å². The molecule has 0 heterocycles. The molecular weight excluding hydrogens is 170 g/mol. The van der Waals surface area contributed by atoms with Crippen LogP contribution in [0.3, 0.4) is 0 Å². The van der Waals surface area contributed by atoms with Gasteiger partial charge in [0.1, 0.15) is 0 Å². The van der Waals surface area contributed by atoms with Crippen LogP contribution < -0.4 is 5.32 Å². The molecule has 82 valence electrons. The summed E-state index contributed by atoms with van der Waals surface area (Å²) in [7, 11) is 0. The number of hydrogen-bond donors (Lipinski definition) is 1. The summed E-state index contributed by atoms with van der Waals surface area (Å²) in [5.74, 6) is 1.00. The molecule has 0 aromatic rings. The first-order valence-corrected chi connectivity index (χ1v) is 6.24. The first-order chi connectivity index (χ1) is 6.86. The summed E-state index contributed by atoms with van der Waals surface area (Å²) < 4.78 is 0. The second kappa shape index (κ2) is 6.92. The Labute approximate surface area is 89.0 Å². The fourth-order valence-electron chi connectivity index (χ4n) is 2.50. The van der Waals surface area contributed by atoms with E-state index in [1.54, 1.807) is 0 Å². The molecule has 0 aliphatic heterocycles. The number of hydrogen-bond acceptors (Lipinski definition) is 1. The molecule has 14 heavy (non-hydrogen) atoms. The van der Waals surface area contributed by atoms with Crippen LogP contribution in [-0.2, 0) is 0 Å². The van der Waals surface area contributed by atoms with Crippen molar-refractivity contribution >= 4 is 0 Å². The Balaban J connectivity index is 2.25. The van der Waals surface area contributed by atoms with Gasteiger partial charge in [-0.2, -0.15) is 0 Å². The van der Waals surface area contributed by atoms with Crippen molar-refractivity contribution in [3.63, 3.8) is 0 Å². The number of allylic oxidation sites excluding steroid dienone is 1. The molecule has 0 saturated heterocycles. The van der Waals surface area contributed by atoms with E-state index in [2.05, 4.69) is 31.4 Å². The molecule has 0 bridgehead atoms. The molecule has 0 amide bonds. The fraction of sp³-hybridized carbons (Fsp3) is 0.846. The molecule has 1 rings (SSSR count). The zero-order valence-electron chi connectivity index (χ0n) is 9.76. The molecule has 1 N–H and O–H groups in total. The highest BCUT2D eigenvalue weighted by Crippen LogP contribution is 2.29. The Morgan fingerprint density at radius 2 is 2.07 bits per heavy atom. The van der Waals surface area contributed by atoms with Crippen LogP contribution in [-0.4, -0.2) is 6.04 Å². The number of rotatable bonds is 6. The minimum Gasteiger partial charge on any atom is -0.388 e. The lowest BCUT2D eigenvalue weighted by Crippen LogP contribution is -2.26. The maximum absolute atomic E-state index is 3.52. The van der Waals surface area contributed by atoms with Crippen molar-refractivity contribution < 1.29 is 0 Å². The molecule has 0 spiro atoms. The molecule has 1 aliphatic carbocycles. The largest absolute Gasteiger partial charge is 0.388 e. The van der Waals surface area contributed by atoms with Crippen LogP contribution in [0.2, 0.25) is 0 Å². The van der Waals surface area contributed by atoms with E-state index < -0.39 is 0 Å². The summed E-state index contributed by atoms with van der Waals surface area (Å²) in [4.78, 5) is 0. The van der Waals surface area contributed by atoms with E-state index >= 15 is 0 Å². The first kappa shape index (κ1) is 11.6. The maximum Gasteiger partial charge on any atom is 0.0258 e. The average Bonchev–Trinajstić information content (AvgIpc) is 2.67. The summed E-state index contributed by atoms with van der Waals surface area (Å²) in [5.41, 5.74) is 0. The van der Waals surface area contributed by atoms with Crippen molar-refractivity contribution in [2.24, 2.45) is 5.92 Å². The van der Waals surface area contributed by atoms with Gasteiger partial charge in [0, 0.05) is 6.04 Å². The van der Waals surface area contributed by atoms with Crippen molar-refractivity contribution in [1.29, 1.82) is 0 Å². The molecule has 0 aromatic carbocycles. The highest BCUT2D eigenvalue weighted by atomic mass is 14.9. The Hall–Kier alpha value is -0.460. The van der Waals surface area contributed by atoms with Gasteiger partial charge in [-0.05, 0) is 31.9 Å². The van der Waals surface area contributed by atoms with Crippen LogP contribution in [0.4, 0.5) is 0 Å². The summed E-state index contributed by atoms with van der Waals surface area (Å²) in [6.07, 6.45) is 14.1. The summed E-state index contributed by atoms with van der Waals surface area (Å²) in [5, 5.41) is 3.52. The van der Waals surface area contributed by atoms with E-state index in [9.17, 15) is 0 Å². The second-order valence-corrected chi connectivity index (χ2v) is 4.54. The third-order valence-electron chi connectivity index (χ3n) is 3.23. The second-order valence-electron chi connectivity index (χ2n) is 4.54. The summed E-state index contributed by atoms with van der Waals surface area (Å²) >= 11 is 0. The molecule has 1 unspecified atom stereocenters. The van der Waals surface area contributed by atoms with Crippen molar-refractivity contribution in [2.45, 2.75) is 64.8 Å². The van der Waals surface area contributed by atoms with Crippen molar-refractivity contribution in [2.75, 3.05) is 0 Å². The van der Waals surface area contributed by atoms with Crippen LogP contribution in [0.5, 0.6) is 0 Å². The summed E-state index contributed by atoms with van der Waals surface area (Å²) in [6, 6.07) is 0.722. The molecule has 1 aliphatic rings. The highest BCUT2D eigenvalue weighted by molar-refractivity contribution is 4.82. The molecule has 1 heteroatoms. The van der Waals surface area contributed by atoms with Gasteiger partial charge in [0.15, 0.2) is 0 Å². The summed E-state index contributed by atoms with van der Waals surface area (Å²) in [6.45, 7) is 4.35. The van der Waals surface area contributed by atoms with E-state index in [0.717, 1.165) is 12.0 Å². The zero-order chi connectivity index (χ0) is 10.2. The lowest BCUT2D eigenvalue weighted by molar-refractivity contribution is 0.394. The van der Waals surface area contributed by atoms with Gasteiger partial charge in [-0.3, -0.25) is 0 Å². The Morgan fingerprint density at radius 3 is 2.64 bits per heavy atom. The van der Waals surface area contributed by atoms with Crippen molar-refractivity contribution in [1.82, 2.24) is 5.32 Å². The number of nitrogens with one attached hydrogen (secondary N) is 1. The molecule has 1 saturated carbocycles. The molecule has 1 fully saturated rings. The third-order valence-corrected chi connectivity index (χ3v) is 3.23. The Morgan fingerprint density at radius 1 is 1.36 bits per heavy atom. The monoisotopic (exact) mass is 195 g/mol. The van der Waals surface area contributed by atoms with Crippen molar-refractivity contribution in [3.8, 4) is 0 Å². The predicted molar refractivity (Wildman–Crippen MR) is 63.2 cm³/mol. The smallest absolute Gasteiger partial charge is 0.0258 e. The molecule has 0 radical (unpaired) electrons. The van der Waals surface area contributed by atoms with E-state index in [1.807, 2.05) is 0 Å².